The van der Waals surface area contributed by atoms with Crippen molar-refractivity contribution in [1.29, 1.82) is 0 Å². The van der Waals surface area contributed by atoms with Crippen molar-refractivity contribution in [2.75, 3.05) is 44.7 Å². The molecule has 166 valence electrons. The molecule has 1 aliphatic heterocycles. The second-order valence-electron chi connectivity index (χ2n) is 8.20. The van der Waals surface area contributed by atoms with Gasteiger partial charge >= 0.3 is 0 Å². The number of amides is 1. The van der Waals surface area contributed by atoms with Gasteiger partial charge < -0.3 is 14.5 Å². The minimum absolute atomic E-state index is 0.0126. The first kappa shape index (κ1) is 21.9. The van der Waals surface area contributed by atoms with Gasteiger partial charge in [0.25, 0.3) is 0 Å². The fraction of sp³-hybridized carbons (Fsp3) is 0.296. The van der Waals surface area contributed by atoms with Crippen molar-refractivity contribution in [3.8, 4) is 5.75 Å². The number of piperazine rings is 1. The maximum absolute atomic E-state index is 13.0. The van der Waals surface area contributed by atoms with Gasteiger partial charge in [0.05, 0.1) is 19.7 Å². The molecule has 1 aliphatic rings. The van der Waals surface area contributed by atoms with Gasteiger partial charge in [-0.1, -0.05) is 60.2 Å². The summed E-state index contributed by atoms with van der Waals surface area (Å²) in [5, 5.41) is 3.51. The standard InChI is InChI=1S/C27H31N3O2/c1-21-8-10-23(11-9-21)27(22-6-4-3-5-7-22)28-20-26(31)30-18-16-29(17-19-30)24-12-14-25(32-2)15-13-24/h3-15,27-28H,16-20H2,1-2H3/t27-/m1/s1. The van der Waals surface area contributed by atoms with Gasteiger partial charge in [0, 0.05) is 31.9 Å². The number of ether oxygens (including phenoxy) is 1. The zero-order valence-electron chi connectivity index (χ0n) is 18.8. The highest BCUT2D eigenvalue weighted by Crippen LogP contribution is 2.23. The second kappa shape index (κ2) is 10.3. The zero-order valence-corrected chi connectivity index (χ0v) is 18.8. The third kappa shape index (κ3) is 5.29. The van der Waals surface area contributed by atoms with Crippen LogP contribution in [0.3, 0.4) is 0 Å². The molecule has 1 fully saturated rings. The Hall–Kier alpha value is -3.31. The molecular formula is C27H31N3O2. The van der Waals surface area contributed by atoms with Gasteiger partial charge in [-0.25, -0.2) is 0 Å². The number of methoxy groups -OCH3 is 1. The molecule has 5 nitrogen and oxygen atoms in total. The summed E-state index contributed by atoms with van der Waals surface area (Å²) in [6.45, 7) is 5.52. The summed E-state index contributed by atoms with van der Waals surface area (Å²) in [6.07, 6.45) is 0. The zero-order chi connectivity index (χ0) is 22.3. The first-order chi connectivity index (χ1) is 15.6. The molecule has 3 aromatic rings. The second-order valence-corrected chi connectivity index (χ2v) is 8.20. The van der Waals surface area contributed by atoms with Gasteiger partial charge in [-0.3, -0.25) is 10.1 Å². The van der Waals surface area contributed by atoms with Crippen LogP contribution < -0.4 is 15.0 Å². The summed E-state index contributed by atoms with van der Waals surface area (Å²) in [6, 6.07) is 26.9. The molecule has 0 radical (unpaired) electrons. The summed E-state index contributed by atoms with van der Waals surface area (Å²) in [7, 11) is 1.68. The van der Waals surface area contributed by atoms with Crippen LogP contribution in [-0.2, 0) is 4.79 Å². The molecule has 0 saturated carbocycles. The lowest BCUT2D eigenvalue weighted by molar-refractivity contribution is -0.130. The molecule has 1 saturated heterocycles. The van der Waals surface area contributed by atoms with Crippen LogP contribution in [0.1, 0.15) is 22.7 Å². The summed E-state index contributed by atoms with van der Waals surface area (Å²) < 4.78 is 5.24. The van der Waals surface area contributed by atoms with Gasteiger partial charge in [0.1, 0.15) is 5.75 Å². The van der Waals surface area contributed by atoms with E-state index in [1.54, 1.807) is 7.11 Å². The molecule has 32 heavy (non-hydrogen) atoms. The van der Waals surface area contributed by atoms with Crippen LogP contribution >= 0.6 is 0 Å². The molecule has 0 unspecified atom stereocenters. The first-order valence-corrected chi connectivity index (χ1v) is 11.2. The smallest absolute Gasteiger partial charge is 0.236 e. The van der Waals surface area contributed by atoms with E-state index in [2.05, 4.69) is 65.7 Å². The van der Waals surface area contributed by atoms with Gasteiger partial charge in [0.15, 0.2) is 0 Å². The van der Waals surface area contributed by atoms with E-state index >= 15 is 0 Å². The van der Waals surface area contributed by atoms with E-state index in [-0.39, 0.29) is 11.9 Å². The van der Waals surface area contributed by atoms with Crippen molar-refractivity contribution < 1.29 is 9.53 Å². The number of hydrogen-bond donors (Lipinski definition) is 1. The number of aryl methyl sites for hydroxylation is 1. The highest BCUT2D eigenvalue weighted by atomic mass is 16.5. The average molecular weight is 430 g/mol. The maximum atomic E-state index is 13.0. The van der Waals surface area contributed by atoms with Crippen LogP contribution in [0, 0.1) is 6.92 Å². The molecule has 0 spiro atoms. The molecule has 3 aromatic carbocycles. The molecule has 1 atom stereocenters. The number of nitrogens with zero attached hydrogens (tertiary/aromatic N) is 2. The summed E-state index contributed by atoms with van der Waals surface area (Å²) in [5.74, 6) is 1.00. The van der Waals surface area contributed by atoms with Gasteiger partial charge in [0.2, 0.25) is 5.91 Å². The molecule has 0 aliphatic carbocycles. The van der Waals surface area contributed by atoms with Gasteiger partial charge in [-0.2, -0.15) is 0 Å². The molecule has 1 N–H and O–H groups in total. The largest absolute Gasteiger partial charge is 0.497 e. The van der Waals surface area contributed by atoms with Crippen LogP contribution in [0.5, 0.6) is 5.75 Å². The highest BCUT2D eigenvalue weighted by molar-refractivity contribution is 5.78. The van der Waals surface area contributed by atoms with Crippen molar-refractivity contribution >= 4 is 11.6 Å². The third-order valence-electron chi connectivity index (χ3n) is 6.07. The van der Waals surface area contributed by atoms with E-state index in [0.717, 1.165) is 37.5 Å². The monoisotopic (exact) mass is 429 g/mol. The van der Waals surface area contributed by atoms with Gasteiger partial charge in [-0.15, -0.1) is 0 Å². The van der Waals surface area contributed by atoms with Crippen molar-refractivity contribution in [2.45, 2.75) is 13.0 Å². The molecular weight excluding hydrogens is 398 g/mol. The van der Waals surface area contributed by atoms with Crippen molar-refractivity contribution in [1.82, 2.24) is 10.2 Å². The Labute approximate surface area is 190 Å². The number of anilines is 1. The third-order valence-corrected chi connectivity index (χ3v) is 6.07. The molecule has 0 aromatic heterocycles. The quantitative estimate of drug-likeness (QED) is 0.616. The fourth-order valence-electron chi connectivity index (χ4n) is 4.14. The van der Waals surface area contributed by atoms with Crippen LogP contribution in [-0.4, -0.2) is 50.6 Å². The fourth-order valence-corrected chi connectivity index (χ4v) is 4.14. The Kier molecular flexibility index (Phi) is 7.07. The SMILES string of the molecule is COc1ccc(N2CCN(C(=O)CN[C@H](c3ccccc3)c3ccc(C)cc3)CC2)cc1. The lowest BCUT2D eigenvalue weighted by Gasteiger charge is -2.36. The Morgan fingerprint density at radius 3 is 2.12 bits per heavy atom. The van der Waals surface area contributed by atoms with E-state index in [4.69, 9.17) is 4.74 Å². The number of carbonyl (C=O) groups excluding carboxylic acids is 1. The van der Waals surface area contributed by atoms with Crippen LogP contribution in [0.25, 0.3) is 0 Å². The molecule has 1 heterocycles. The molecule has 0 bridgehead atoms. The van der Waals surface area contributed by atoms with Crippen LogP contribution in [0.15, 0.2) is 78.9 Å². The van der Waals surface area contributed by atoms with E-state index in [1.807, 2.05) is 35.2 Å². The first-order valence-electron chi connectivity index (χ1n) is 11.2. The normalized spacial score (nSPS) is 14.8. The Bertz CT molecular complexity index is 995. The average Bonchev–Trinajstić information content (AvgIpc) is 2.86. The summed E-state index contributed by atoms with van der Waals surface area (Å²) in [4.78, 5) is 17.3. The number of carbonyl (C=O) groups is 1. The maximum Gasteiger partial charge on any atom is 0.236 e. The number of nitrogens with one attached hydrogen (secondary N) is 1. The number of rotatable bonds is 7. The van der Waals surface area contributed by atoms with Crippen molar-refractivity contribution in [2.24, 2.45) is 0 Å². The van der Waals surface area contributed by atoms with E-state index < -0.39 is 0 Å². The predicted octanol–water partition coefficient (Wildman–Crippen LogP) is 4.03. The summed E-state index contributed by atoms with van der Waals surface area (Å²) in [5.41, 5.74) is 4.72. The number of benzene rings is 3. The molecule has 4 rings (SSSR count). The minimum Gasteiger partial charge on any atom is -0.497 e. The van der Waals surface area contributed by atoms with E-state index in [0.29, 0.717) is 6.54 Å². The van der Waals surface area contributed by atoms with Gasteiger partial charge in [-0.05, 0) is 42.3 Å². The van der Waals surface area contributed by atoms with Crippen molar-refractivity contribution in [3.05, 3.63) is 95.6 Å². The highest BCUT2D eigenvalue weighted by Gasteiger charge is 2.22. The van der Waals surface area contributed by atoms with Crippen LogP contribution in [0.4, 0.5) is 5.69 Å². The van der Waals surface area contributed by atoms with Crippen LogP contribution in [0.2, 0.25) is 0 Å². The van der Waals surface area contributed by atoms with E-state index in [1.165, 1.54) is 16.8 Å². The molecule has 5 heteroatoms. The Morgan fingerprint density at radius 2 is 1.50 bits per heavy atom. The summed E-state index contributed by atoms with van der Waals surface area (Å²) >= 11 is 0. The number of hydrogen-bond acceptors (Lipinski definition) is 4. The Balaban J connectivity index is 1.36. The van der Waals surface area contributed by atoms with Crippen molar-refractivity contribution in [3.63, 3.8) is 0 Å². The minimum atomic E-state index is -0.0126. The lowest BCUT2D eigenvalue weighted by Crippen LogP contribution is -2.51. The topological polar surface area (TPSA) is 44.8 Å². The predicted molar refractivity (Wildman–Crippen MR) is 129 cm³/mol. The molecule has 1 amide bonds. The Morgan fingerprint density at radius 1 is 0.875 bits per heavy atom. The lowest BCUT2D eigenvalue weighted by atomic mass is 9.98. The van der Waals surface area contributed by atoms with E-state index in [9.17, 15) is 4.79 Å².